The lowest BCUT2D eigenvalue weighted by atomic mass is 10.1. The predicted octanol–water partition coefficient (Wildman–Crippen LogP) is 1.72. The molecule has 20 heavy (non-hydrogen) atoms. The number of ether oxygens (including phenoxy) is 1. The van der Waals surface area contributed by atoms with Crippen LogP contribution in [-0.4, -0.2) is 72.0 Å². The van der Waals surface area contributed by atoms with E-state index in [9.17, 15) is 5.11 Å². The molecule has 2 aliphatic rings. The van der Waals surface area contributed by atoms with Gasteiger partial charge in [-0.15, -0.1) is 0 Å². The van der Waals surface area contributed by atoms with Crippen molar-refractivity contribution in [2.24, 2.45) is 0 Å². The third-order valence-corrected chi connectivity index (χ3v) is 4.76. The van der Waals surface area contributed by atoms with Gasteiger partial charge in [-0.05, 0) is 59.5 Å². The second-order valence-corrected chi connectivity index (χ2v) is 6.83. The predicted molar refractivity (Wildman–Crippen MR) is 82.0 cm³/mol. The Labute approximate surface area is 124 Å². The van der Waals surface area contributed by atoms with Crippen molar-refractivity contribution in [3.05, 3.63) is 0 Å². The molecule has 0 aromatic rings. The lowest BCUT2D eigenvalue weighted by Crippen LogP contribution is -2.47. The molecule has 4 heteroatoms. The maximum absolute atomic E-state index is 9.75. The Hall–Kier alpha value is -0.160. The summed E-state index contributed by atoms with van der Waals surface area (Å²) in [5.74, 6) is 0. The molecule has 4 nitrogen and oxygen atoms in total. The first-order chi connectivity index (χ1) is 9.56. The minimum absolute atomic E-state index is 0.141. The normalized spacial score (nSPS) is 31.6. The molecule has 0 radical (unpaired) electrons. The van der Waals surface area contributed by atoms with E-state index in [1.54, 1.807) is 0 Å². The van der Waals surface area contributed by atoms with Gasteiger partial charge >= 0.3 is 0 Å². The number of hydrogen-bond acceptors (Lipinski definition) is 4. The number of rotatable bonds is 5. The van der Waals surface area contributed by atoms with Crippen molar-refractivity contribution in [1.29, 1.82) is 0 Å². The van der Waals surface area contributed by atoms with E-state index in [0.29, 0.717) is 18.2 Å². The lowest BCUT2D eigenvalue weighted by molar-refractivity contribution is -0.0413. The topological polar surface area (TPSA) is 35.9 Å². The summed E-state index contributed by atoms with van der Waals surface area (Å²) in [6, 6.07) is 1.04. The molecule has 0 aromatic carbocycles. The first kappa shape index (κ1) is 16.2. The van der Waals surface area contributed by atoms with Crippen molar-refractivity contribution < 1.29 is 9.84 Å². The molecule has 0 bridgehead atoms. The maximum atomic E-state index is 9.75. The molecule has 118 valence electrons. The van der Waals surface area contributed by atoms with Gasteiger partial charge in [-0.25, -0.2) is 0 Å². The summed E-state index contributed by atoms with van der Waals surface area (Å²) in [5.41, 5.74) is 0. The van der Waals surface area contributed by atoms with Crippen molar-refractivity contribution in [1.82, 2.24) is 9.80 Å². The minimum Gasteiger partial charge on any atom is -0.392 e. The zero-order valence-corrected chi connectivity index (χ0v) is 13.4. The van der Waals surface area contributed by atoms with Crippen molar-refractivity contribution in [3.8, 4) is 0 Å². The van der Waals surface area contributed by atoms with Crippen LogP contribution in [0.25, 0.3) is 0 Å². The van der Waals surface area contributed by atoms with E-state index in [1.165, 1.54) is 19.4 Å². The Morgan fingerprint density at radius 2 is 1.75 bits per heavy atom. The summed E-state index contributed by atoms with van der Waals surface area (Å²) in [5, 5.41) is 9.75. The molecule has 0 spiro atoms. The number of likely N-dealkylation sites (tertiary alicyclic amines) is 2. The monoisotopic (exact) mass is 284 g/mol. The number of aliphatic hydroxyl groups excluding tert-OH is 1. The van der Waals surface area contributed by atoms with Crippen LogP contribution in [0.3, 0.4) is 0 Å². The number of β-amino-alcohol motifs (C(OH)–C–C–N with tert-alkyl or cyclic N) is 1. The van der Waals surface area contributed by atoms with Gasteiger partial charge in [-0.3, -0.25) is 9.80 Å². The molecule has 2 fully saturated rings. The summed E-state index contributed by atoms with van der Waals surface area (Å²) >= 11 is 0. The van der Waals surface area contributed by atoms with Crippen LogP contribution < -0.4 is 0 Å². The summed E-state index contributed by atoms with van der Waals surface area (Å²) in [4.78, 5) is 4.89. The summed E-state index contributed by atoms with van der Waals surface area (Å²) in [6.07, 6.45) is 4.75. The lowest BCUT2D eigenvalue weighted by Gasteiger charge is -2.38. The van der Waals surface area contributed by atoms with E-state index in [2.05, 4.69) is 30.6 Å². The van der Waals surface area contributed by atoms with Crippen LogP contribution in [0.1, 0.15) is 46.5 Å². The molecular formula is C16H32N2O2. The van der Waals surface area contributed by atoms with Crippen LogP contribution in [-0.2, 0) is 4.74 Å². The molecule has 1 N–H and O–H groups in total. The van der Waals surface area contributed by atoms with Crippen molar-refractivity contribution in [3.63, 3.8) is 0 Å². The maximum Gasteiger partial charge on any atom is 0.0703 e. The largest absolute Gasteiger partial charge is 0.392 e. The molecule has 0 aliphatic carbocycles. The van der Waals surface area contributed by atoms with E-state index in [4.69, 9.17) is 4.74 Å². The Balaban J connectivity index is 1.71. The minimum atomic E-state index is -0.141. The number of hydrogen-bond donors (Lipinski definition) is 1. The van der Waals surface area contributed by atoms with E-state index in [1.807, 2.05) is 0 Å². The van der Waals surface area contributed by atoms with Crippen molar-refractivity contribution >= 4 is 0 Å². The molecule has 2 heterocycles. The SMILES string of the molecule is CC(C)N1CCC[C@@H](OCC(C)N2CCC[C@H](O)C2)C1. The van der Waals surface area contributed by atoms with Gasteiger partial charge in [0.05, 0.1) is 18.8 Å². The van der Waals surface area contributed by atoms with E-state index in [0.717, 1.165) is 39.1 Å². The molecule has 2 aliphatic heterocycles. The molecule has 2 rings (SSSR count). The number of nitrogens with zero attached hydrogens (tertiary/aromatic N) is 2. The Bertz CT molecular complexity index is 284. The van der Waals surface area contributed by atoms with Gasteiger partial charge in [0, 0.05) is 25.2 Å². The number of aliphatic hydroxyl groups is 1. The Morgan fingerprint density at radius 3 is 2.45 bits per heavy atom. The van der Waals surface area contributed by atoms with Crippen LogP contribution in [0.2, 0.25) is 0 Å². The van der Waals surface area contributed by atoms with Gasteiger partial charge in [-0.2, -0.15) is 0 Å². The Morgan fingerprint density at radius 1 is 1.05 bits per heavy atom. The smallest absolute Gasteiger partial charge is 0.0703 e. The van der Waals surface area contributed by atoms with Crippen molar-refractivity contribution in [2.75, 3.05) is 32.8 Å². The fourth-order valence-corrected chi connectivity index (χ4v) is 3.34. The van der Waals surface area contributed by atoms with Gasteiger partial charge in [0.1, 0.15) is 0 Å². The quantitative estimate of drug-likeness (QED) is 0.834. The summed E-state index contributed by atoms with van der Waals surface area (Å²) < 4.78 is 6.15. The first-order valence-electron chi connectivity index (χ1n) is 8.34. The van der Waals surface area contributed by atoms with Gasteiger partial charge in [0.2, 0.25) is 0 Å². The van der Waals surface area contributed by atoms with Gasteiger partial charge in [-0.1, -0.05) is 0 Å². The van der Waals surface area contributed by atoms with Crippen LogP contribution in [0.15, 0.2) is 0 Å². The first-order valence-corrected chi connectivity index (χ1v) is 8.34. The highest BCUT2D eigenvalue weighted by Crippen LogP contribution is 2.17. The second kappa shape index (κ2) is 7.74. The molecule has 2 saturated heterocycles. The molecule has 0 saturated carbocycles. The van der Waals surface area contributed by atoms with Crippen LogP contribution in [0, 0.1) is 0 Å². The second-order valence-electron chi connectivity index (χ2n) is 6.83. The molecule has 0 aromatic heterocycles. The summed E-state index contributed by atoms with van der Waals surface area (Å²) in [7, 11) is 0. The molecule has 1 unspecified atom stereocenters. The van der Waals surface area contributed by atoms with Crippen LogP contribution in [0.4, 0.5) is 0 Å². The molecule has 0 amide bonds. The average molecular weight is 284 g/mol. The highest BCUT2D eigenvalue weighted by molar-refractivity contribution is 4.79. The van der Waals surface area contributed by atoms with Crippen molar-refractivity contribution in [2.45, 2.75) is 70.7 Å². The molecule has 3 atom stereocenters. The van der Waals surface area contributed by atoms with E-state index in [-0.39, 0.29) is 6.10 Å². The van der Waals surface area contributed by atoms with E-state index >= 15 is 0 Å². The van der Waals surface area contributed by atoms with E-state index < -0.39 is 0 Å². The highest BCUT2D eigenvalue weighted by Gasteiger charge is 2.25. The zero-order valence-electron chi connectivity index (χ0n) is 13.4. The highest BCUT2D eigenvalue weighted by atomic mass is 16.5. The third-order valence-electron chi connectivity index (χ3n) is 4.76. The fourth-order valence-electron chi connectivity index (χ4n) is 3.34. The van der Waals surface area contributed by atoms with Gasteiger partial charge in [0.15, 0.2) is 0 Å². The zero-order chi connectivity index (χ0) is 14.5. The molecular weight excluding hydrogens is 252 g/mol. The van der Waals surface area contributed by atoms with Crippen LogP contribution >= 0.6 is 0 Å². The van der Waals surface area contributed by atoms with Crippen LogP contribution in [0.5, 0.6) is 0 Å². The third kappa shape index (κ3) is 4.69. The fraction of sp³-hybridized carbons (Fsp3) is 1.00. The average Bonchev–Trinajstić information content (AvgIpc) is 2.45. The Kier molecular flexibility index (Phi) is 6.27. The van der Waals surface area contributed by atoms with Gasteiger partial charge < -0.3 is 9.84 Å². The standard InChI is InChI=1S/C16H32N2O2/c1-13(2)17-8-5-7-16(11-17)20-12-14(3)18-9-4-6-15(19)10-18/h13-16,19H,4-12H2,1-3H3/t14?,15-,16+/m0/s1. The summed E-state index contributed by atoms with van der Waals surface area (Å²) in [6.45, 7) is 11.8. The number of piperidine rings is 2. The van der Waals surface area contributed by atoms with Gasteiger partial charge in [0.25, 0.3) is 0 Å².